The number of halogens is 2. The lowest BCUT2D eigenvalue weighted by Gasteiger charge is -2.07. The van der Waals surface area contributed by atoms with Gasteiger partial charge in [0.1, 0.15) is 5.82 Å². The summed E-state index contributed by atoms with van der Waals surface area (Å²) < 4.78 is 13.4. The van der Waals surface area contributed by atoms with Gasteiger partial charge in [0, 0.05) is 0 Å². The van der Waals surface area contributed by atoms with Crippen LogP contribution in [0.3, 0.4) is 0 Å². The highest BCUT2D eigenvalue weighted by atomic mass is 35.5. The highest BCUT2D eigenvalue weighted by Crippen LogP contribution is 2.22. The van der Waals surface area contributed by atoms with Crippen molar-refractivity contribution >= 4 is 11.6 Å². The number of rotatable bonds is 3. The molecular formula is C10H13ClFN. The van der Waals surface area contributed by atoms with E-state index in [0.29, 0.717) is 18.5 Å². The summed E-state index contributed by atoms with van der Waals surface area (Å²) >= 11 is 5.66. The van der Waals surface area contributed by atoms with E-state index >= 15 is 0 Å². The predicted octanol–water partition coefficient (Wildman–Crippen LogP) is 2.68. The molecule has 1 aromatic carbocycles. The molecule has 0 aliphatic heterocycles. The molecule has 0 spiro atoms. The van der Waals surface area contributed by atoms with Crippen molar-refractivity contribution in [3.63, 3.8) is 0 Å². The average Bonchev–Trinajstić information content (AvgIpc) is 2.12. The summed E-state index contributed by atoms with van der Waals surface area (Å²) in [5, 5.41) is 0.192. The number of aryl methyl sites for hydroxylation is 1. The van der Waals surface area contributed by atoms with Gasteiger partial charge in [-0.05, 0) is 43.5 Å². The minimum absolute atomic E-state index is 0.192. The first-order valence-corrected chi connectivity index (χ1v) is 4.68. The van der Waals surface area contributed by atoms with Gasteiger partial charge in [0.2, 0.25) is 0 Å². The Morgan fingerprint density at radius 3 is 2.77 bits per heavy atom. The lowest BCUT2D eigenvalue weighted by Crippen LogP contribution is -2.03. The Morgan fingerprint density at radius 2 is 2.15 bits per heavy atom. The quantitative estimate of drug-likeness (QED) is 0.800. The van der Waals surface area contributed by atoms with Crippen molar-refractivity contribution < 1.29 is 4.39 Å². The molecule has 1 nitrogen and oxygen atoms in total. The largest absolute Gasteiger partial charge is 0.330 e. The molecule has 13 heavy (non-hydrogen) atoms. The standard InChI is InChI=1S/C10H13ClFN/c1-7-4-5-9(11)10(12)8(7)3-2-6-13/h4-5H,2-3,6,13H2,1H3. The van der Waals surface area contributed by atoms with Crippen LogP contribution in [0.15, 0.2) is 12.1 Å². The van der Waals surface area contributed by atoms with E-state index < -0.39 is 0 Å². The van der Waals surface area contributed by atoms with Gasteiger partial charge < -0.3 is 5.73 Å². The first-order valence-electron chi connectivity index (χ1n) is 4.30. The van der Waals surface area contributed by atoms with Gasteiger partial charge in [-0.15, -0.1) is 0 Å². The highest BCUT2D eigenvalue weighted by Gasteiger charge is 2.08. The molecule has 0 fully saturated rings. The Hall–Kier alpha value is -0.600. The summed E-state index contributed by atoms with van der Waals surface area (Å²) in [6.45, 7) is 2.46. The van der Waals surface area contributed by atoms with Crippen LogP contribution in [0.1, 0.15) is 17.5 Å². The van der Waals surface area contributed by atoms with Crippen LogP contribution in [0, 0.1) is 12.7 Å². The van der Waals surface area contributed by atoms with Gasteiger partial charge in [-0.2, -0.15) is 0 Å². The summed E-state index contributed by atoms with van der Waals surface area (Å²) in [4.78, 5) is 0. The Labute approximate surface area is 82.7 Å². The summed E-state index contributed by atoms with van der Waals surface area (Å²) in [6.07, 6.45) is 1.45. The Kier molecular flexibility index (Phi) is 3.70. The van der Waals surface area contributed by atoms with E-state index in [1.165, 1.54) is 0 Å². The maximum Gasteiger partial charge on any atom is 0.145 e. The van der Waals surface area contributed by atoms with E-state index in [4.69, 9.17) is 17.3 Å². The number of hydrogen-bond donors (Lipinski definition) is 1. The second kappa shape index (κ2) is 4.58. The zero-order valence-electron chi connectivity index (χ0n) is 7.61. The van der Waals surface area contributed by atoms with Crippen molar-refractivity contribution in [1.29, 1.82) is 0 Å². The molecule has 0 amide bonds. The maximum absolute atomic E-state index is 13.4. The molecule has 0 saturated heterocycles. The van der Waals surface area contributed by atoms with Crippen LogP contribution in [-0.4, -0.2) is 6.54 Å². The number of benzene rings is 1. The maximum atomic E-state index is 13.4. The molecule has 0 aliphatic rings. The van der Waals surface area contributed by atoms with Crippen molar-refractivity contribution in [2.75, 3.05) is 6.54 Å². The van der Waals surface area contributed by atoms with E-state index in [-0.39, 0.29) is 10.8 Å². The van der Waals surface area contributed by atoms with E-state index in [0.717, 1.165) is 12.0 Å². The molecule has 2 N–H and O–H groups in total. The Morgan fingerprint density at radius 1 is 1.46 bits per heavy atom. The van der Waals surface area contributed by atoms with Crippen molar-refractivity contribution in [2.45, 2.75) is 19.8 Å². The van der Waals surface area contributed by atoms with E-state index in [1.807, 2.05) is 13.0 Å². The molecule has 0 heterocycles. The van der Waals surface area contributed by atoms with Crippen molar-refractivity contribution in [1.82, 2.24) is 0 Å². The van der Waals surface area contributed by atoms with E-state index in [9.17, 15) is 4.39 Å². The molecule has 0 aliphatic carbocycles. The molecule has 1 aromatic rings. The summed E-state index contributed by atoms with van der Waals surface area (Å²) in [6, 6.07) is 3.41. The zero-order valence-corrected chi connectivity index (χ0v) is 8.37. The van der Waals surface area contributed by atoms with E-state index in [2.05, 4.69) is 0 Å². The van der Waals surface area contributed by atoms with Gasteiger partial charge in [-0.25, -0.2) is 4.39 Å². The van der Waals surface area contributed by atoms with Crippen molar-refractivity contribution in [3.05, 3.63) is 34.1 Å². The molecule has 0 bridgehead atoms. The minimum Gasteiger partial charge on any atom is -0.330 e. The van der Waals surface area contributed by atoms with Gasteiger partial charge in [-0.3, -0.25) is 0 Å². The van der Waals surface area contributed by atoms with Crippen LogP contribution in [0.4, 0.5) is 4.39 Å². The summed E-state index contributed by atoms with van der Waals surface area (Å²) in [5.41, 5.74) is 6.99. The molecule has 1 rings (SSSR count). The molecule has 72 valence electrons. The number of nitrogens with two attached hydrogens (primary N) is 1. The van der Waals surface area contributed by atoms with Gasteiger partial charge in [0.05, 0.1) is 5.02 Å². The van der Waals surface area contributed by atoms with Crippen LogP contribution in [0.2, 0.25) is 5.02 Å². The third-order valence-electron chi connectivity index (χ3n) is 2.06. The fraction of sp³-hybridized carbons (Fsp3) is 0.400. The summed E-state index contributed by atoms with van der Waals surface area (Å²) in [7, 11) is 0. The van der Waals surface area contributed by atoms with Crippen LogP contribution in [-0.2, 0) is 6.42 Å². The zero-order chi connectivity index (χ0) is 9.84. The highest BCUT2D eigenvalue weighted by molar-refractivity contribution is 6.30. The van der Waals surface area contributed by atoms with Gasteiger partial charge in [-0.1, -0.05) is 17.7 Å². The lowest BCUT2D eigenvalue weighted by atomic mass is 10.0. The molecule has 0 radical (unpaired) electrons. The molecule has 0 atom stereocenters. The van der Waals surface area contributed by atoms with Crippen molar-refractivity contribution in [3.8, 4) is 0 Å². The van der Waals surface area contributed by atoms with Gasteiger partial charge in [0.15, 0.2) is 0 Å². The second-order valence-corrected chi connectivity index (χ2v) is 3.46. The van der Waals surface area contributed by atoms with E-state index in [1.54, 1.807) is 6.07 Å². The molecular weight excluding hydrogens is 189 g/mol. The fourth-order valence-electron chi connectivity index (χ4n) is 1.27. The second-order valence-electron chi connectivity index (χ2n) is 3.05. The molecule has 0 saturated carbocycles. The minimum atomic E-state index is -0.296. The van der Waals surface area contributed by atoms with Gasteiger partial charge in [0.25, 0.3) is 0 Å². The fourth-order valence-corrected chi connectivity index (χ4v) is 1.45. The lowest BCUT2D eigenvalue weighted by molar-refractivity contribution is 0.603. The first-order chi connectivity index (χ1) is 6.16. The van der Waals surface area contributed by atoms with Crippen LogP contribution < -0.4 is 5.73 Å². The summed E-state index contributed by atoms with van der Waals surface area (Å²) in [5.74, 6) is -0.296. The third-order valence-corrected chi connectivity index (χ3v) is 2.35. The molecule has 0 aromatic heterocycles. The topological polar surface area (TPSA) is 26.0 Å². The average molecular weight is 202 g/mol. The van der Waals surface area contributed by atoms with Crippen LogP contribution in [0.5, 0.6) is 0 Å². The van der Waals surface area contributed by atoms with Gasteiger partial charge >= 0.3 is 0 Å². The molecule has 0 unspecified atom stereocenters. The normalized spacial score (nSPS) is 10.5. The smallest absolute Gasteiger partial charge is 0.145 e. The first kappa shape index (κ1) is 10.5. The van der Waals surface area contributed by atoms with Crippen molar-refractivity contribution in [2.24, 2.45) is 5.73 Å². The Balaban J connectivity index is 2.96. The molecule has 3 heteroatoms. The number of hydrogen-bond acceptors (Lipinski definition) is 1. The van der Waals surface area contributed by atoms with Crippen LogP contribution in [0.25, 0.3) is 0 Å². The Bertz CT molecular complexity index is 299. The van der Waals surface area contributed by atoms with Crippen LogP contribution >= 0.6 is 11.6 Å². The SMILES string of the molecule is Cc1ccc(Cl)c(F)c1CCCN. The predicted molar refractivity (Wildman–Crippen MR) is 53.5 cm³/mol. The monoisotopic (exact) mass is 201 g/mol. The third kappa shape index (κ3) is 2.42.